The van der Waals surface area contributed by atoms with E-state index in [9.17, 15) is 18.0 Å². The van der Waals surface area contributed by atoms with Gasteiger partial charge in [-0.05, 0) is 49.6 Å². The Bertz CT molecular complexity index is 963. The molecular weight excluding hydrogens is 400 g/mol. The number of sulfone groups is 1. The molecule has 2 aromatic carbocycles. The highest BCUT2D eigenvalue weighted by atomic mass is 32.2. The molecule has 0 aromatic heterocycles. The van der Waals surface area contributed by atoms with E-state index in [1.54, 1.807) is 41.3 Å². The monoisotopic (exact) mass is 430 g/mol. The third kappa shape index (κ3) is 7.30. The Balaban J connectivity index is 2.05. The Labute approximate surface area is 179 Å². The molecule has 2 rings (SSSR count). The third-order valence-corrected chi connectivity index (χ3v) is 6.00. The first-order valence-electron chi connectivity index (χ1n) is 10.2. The van der Waals surface area contributed by atoms with Gasteiger partial charge in [0, 0.05) is 24.3 Å². The molecule has 0 aliphatic carbocycles. The van der Waals surface area contributed by atoms with Crippen LogP contribution in [0.3, 0.4) is 0 Å². The summed E-state index contributed by atoms with van der Waals surface area (Å²) < 4.78 is 25.0. The zero-order chi connectivity index (χ0) is 22.1. The van der Waals surface area contributed by atoms with Crippen molar-refractivity contribution in [3.63, 3.8) is 0 Å². The van der Waals surface area contributed by atoms with Crippen molar-refractivity contribution in [2.24, 2.45) is 0 Å². The van der Waals surface area contributed by atoms with Crippen LogP contribution in [0.25, 0.3) is 0 Å². The van der Waals surface area contributed by atoms with E-state index < -0.39 is 21.5 Å². The van der Waals surface area contributed by atoms with Crippen molar-refractivity contribution < 1.29 is 18.0 Å². The number of hydrogen-bond donors (Lipinski definition) is 1. The highest BCUT2D eigenvalue weighted by Crippen LogP contribution is 2.14. The van der Waals surface area contributed by atoms with Crippen molar-refractivity contribution in [2.75, 3.05) is 24.2 Å². The summed E-state index contributed by atoms with van der Waals surface area (Å²) >= 11 is 0. The standard InChI is InChI=1S/C23H30N2O4S/c1-4-13-25(14-5-2)23(27)20-8-6-7-19(15-20)16-30(28,29)17-22(26)24-21-11-9-18(3)10-12-21/h6-12,15H,4-5,13-14,16-17H2,1-3H3,(H,24,26). The van der Waals surface area contributed by atoms with Gasteiger partial charge in [-0.2, -0.15) is 0 Å². The summed E-state index contributed by atoms with van der Waals surface area (Å²) in [5, 5.41) is 2.60. The minimum atomic E-state index is -3.68. The smallest absolute Gasteiger partial charge is 0.253 e. The Hall–Kier alpha value is -2.67. The average Bonchev–Trinajstić information content (AvgIpc) is 2.68. The molecule has 162 valence electrons. The summed E-state index contributed by atoms with van der Waals surface area (Å²) in [7, 11) is -3.68. The highest BCUT2D eigenvalue weighted by molar-refractivity contribution is 7.91. The first kappa shape index (κ1) is 23.6. The molecule has 30 heavy (non-hydrogen) atoms. The van der Waals surface area contributed by atoms with Gasteiger partial charge in [0.1, 0.15) is 5.75 Å². The van der Waals surface area contributed by atoms with Crippen molar-refractivity contribution in [3.05, 3.63) is 65.2 Å². The SMILES string of the molecule is CCCN(CCC)C(=O)c1cccc(CS(=O)(=O)CC(=O)Nc2ccc(C)cc2)c1. The first-order valence-corrected chi connectivity index (χ1v) is 12.0. The summed E-state index contributed by atoms with van der Waals surface area (Å²) in [4.78, 5) is 26.7. The van der Waals surface area contributed by atoms with Crippen LogP contribution in [-0.4, -0.2) is 44.0 Å². The van der Waals surface area contributed by atoms with Gasteiger partial charge >= 0.3 is 0 Å². The summed E-state index contributed by atoms with van der Waals surface area (Å²) in [5.74, 6) is -1.59. The van der Waals surface area contributed by atoms with E-state index in [0.29, 0.717) is 29.9 Å². The molecule has 2 aromatic rings. The molecule has 0 fully saturated rings. The van der Waals surface area contributed by atoms with Crippen LogP contribution in [-0.2, 0) is 20.4 Å². The second-order valence-electron chi connectivity index (χ2n) is 7.44. The normalized spacial score (nSPS) is 11.2. The van der Waals surface area contributed by atoms with Crippen LogP contribution in [0.2, 0.25) is 0 Å². The molecule has 6 nitrogen and oxygen atoms in total. The lowest BCUT2D eigenvalue weighted by Crippen LogP contribution is -2.32. The molecule has 0 saturated heterocycles. The zero-order valence-electron chi connectivity index (χ0n) is 17.8. The molecule has 2 amide bonds. The van der Waals surface area contributed by atoms with E-state index in [0.717, 1.165) is 18.4 Å². The summed E-state index contributed by atoms with van der Waals surface area (Å²) in [6.07, 6.45) is 1.71. The number of nitrogens with zero attached hydrogens (tertiary/aromatic N) is 1. The van der Waals surface area contributed by atoms with Crippen molar-refractivity contribution >= 4 is 27.3 Å². The van der Waals surface area contributed by atoms with Gasteiger partial charge in [0.25, 0.3) is 5.91 Å². The molecule has 0 radical (unpaired) electrons. The zero-order valence-corrected chi connectivity index (χ0v) is 18.7. The molecular formula is C23H30N2O4S. The van der Waals surface area contributed by atoms with Gasteiger partial charge in [0.15, 0.2) is 9.84 Å². The lowest BCUT2D eigenvalue weighted by atomic mass is 10.1. The van der Waals surface area contributed by atoms with Gasteiger partial charge in [-0.1, -0.05) is 43.7 Å². The summed E-state index contributed by atoms with van der Waals surface area (Å²) in [6, 6.07) is 13.8. The number of carbonyl (C=O) groups is 2. The Morgan fingerprint density at radius 3 is 2.20 bits per heavy atom. The molecule has 0 saturated carbocycles. The second-order valence-corrected chi connectivity index (χ2v) is 9.50. The maximum absolute atomic E-state index is 12.8. The number of carbonyl (C=O) groups excluding carboxylic acids is 2. The third-order valence-electron chi connectivity index (χ3n) is 4.52. The van der Waals surface area contributed by atoms with Gasteiger partial charge in [-0.3, -0.25) is 9.59 Å². The fourth-order valence-electron chi connectivity index (χ4n) is 3.17. The molecule has 0 aliphatic rings. The number of hydrogen-bond acceptors (Lipinski definition) is 4. The van der Waals surface area contributed by atoms with Gasteiger partial charge < -0.3 is 10.2 Å². The van der Waals surface area contributed by atoms with Crippen LogP contribution in [0, 0.1) is 6.92 Å². The minimum absolute atomic E-state index is 0.102. The van der Waals surface area contributed by atoms with Crippen LogP contribution < -0.4 is 5.32 Å². The Morgan fingerprint density at radius 2 is 1.60 bits per heavy atom. The van der Waals surface area contributed by atoms with Crippen LogP contribution in [0.15, 0.2) is 48.5 Å². The van der Waals surface area contributed by atoms with Crippen molar-refractivity contribution in [2.45, 2.75) is 39.4 Å². The summed E-state index contributed by atoms with van der Waals surface area (Å²) in [6.45, 7) is 7.28. The molecule has 0 heterocycles. The van der Waals surface area contributed by atoms with E-state index in [1.165, 1.54) is 0 Å². The average molecular weight is 431 g/mol. The molecule has 1 N–H and O–H groups in total. The molecule has 0 unspecified atom stereocenters. The van der Waals surface area contributed by atoms with Gasteiger partial charge in [-0.25, -0.2) is 8.42 Å². The van der Waals surface area contributed by atoms with Gasteiger partial charge in [0.05, 0.1) is 5.75 Å². The topological polar surface area (TPSA) is 83.6 Å². The van der Waals surface area contributed by atoms with Crippen LogP contribution in [0.4, 0.5) is 5.69 Å². The number of benzene rings is 2. The molecule has 0 spiro atoms. The maximum Gasteiger partial charge on any atom is 0.253 e. The van der Waals surface area contributed by atoms with E-state index in [-0.39, 0.29) is 11.7 Å². The van der Waals surface area contributed by atoms with Crippen molar-refractivity contribution in [3.8, 4) is 0 Å². The molecule has 0 aliphatic heterocycles. The first-order chi connectivity index (χ1) is 14.2. The highest BCUT2D eigenvalue weighted by Gasteiger charge is 2.20. The van der Waals surface area contributed by atoms with E-state index >= 15 is 0 Å². The largest absolute Gasteiger partial charge is 0.339 e. The van der Waals surface area contributed by atoms with Crippen LogP contribution >= 0.6 is 0 Å². The quantitative estimate of drug-likeness (QED) is 0.621. The fourth-order valence-corrected chi connectivity index (χ4v) is 4.43. The van der Waals surface area contributed by atoms with E-state index in [1.807, 2.05) is 32.9 Å². The van der Waals surface area contributed by atoms with Crippen LogP contribution in [0.5, 0.6) is 0 Å². The van der Waals surface area contributed by atoms with Crippen LogP contribution in [0.1, 0.15) is 48.2 Å². The lowest BCUT2D eigenvalue weighted by Gasteiger charge is -2.21. The van der Waals surface area contributed by atoms with Crippen molar-refractivity contribution in [1.29, 1.82) is 0 Å². The Kier molecular flexibility index (Phi) is 8.59. The predicted molar refractivity (Wildman–Crippen MR) is 120 cm³/mol. The molecule has 0 atom stereocenters. The second kappa shape index (κ2) is 10.9. The van der Waals surface area contributed by atoms with E-state index in [2.05, 4.69) is 5.32 Å². The summed E-state index contributed by atoms with van der Waals surface area (Å²) in [5.41, 5.74) is 2.57. The molecule has 0 bridgehead atoms. The number of aryl methyl sites for hydroxylation is 1. The molecule has 7 heteroatoms. The fraction of sp³-hybridized carbons (Fsp3) is 0.391. The van der Waals surface area contributed by atoms with E-state index in [4.69, 9.17) is 0 Å². The number of anilines is 1. The number of rotatable bonds is 10. The Morgan fingerprint density at radius 1 is 0.967 bits per heavy atom. The van der Waals surface area contributed by atoms with Gasteiger partial charge in [-0.15, -0.1) is 0 Å². The van der Waals surface area contributed by atoms with Crippen molar-refractivity contribution in [1.82, 2.24) is 4.90 Å². The lowest BCUT2D eigenvalue weighted by molar-refractivity contribution is -0.113. The number of nitrogens with one attached hydrogen (secondary N) is 1. The maximum atomic E-state index is 12.8. The predicted octanol–water partition coefficient (Wildman–Crippen LogP) is 3.81. The number of amides is 2. The minimum Gasteiger partial charge on any atom is -0.339 e. The van der Waals surface area contributed by atoms with Gasteiger partial charge in [0.2, 0.25) is 5.91 Å².